The molecule has 0 radical (unpaired) electrons. The zero-order chi connectivity index (χ0) is 11.1. The third-order valence-corrected chi connectivity index (χ3v) is 4.07. The molecule has 4 heteroatoms. The minimum atomic E-state index is -5.27. The molecule has 0 saturated heterocycles. The van der Waals surface area contributed by atoms with Gasteiger partial charge in [0.05, 0.1) is 0 Å². The van der Waals surface area contributed by atoms with Crippen LogP contribution in [0.3, 0.4) is 0 Å². The van der Waals surface area contributed by atoms with E-state index in [1.165, 1.54) is 0 Å². The molecule has 0 aromatic carbocycles. The molecule has 0 unspecified atom stereocenters. The molecule has 0 atom stereocenters. The van der Waals surface area contributed by atoms with Crippen LogP contribution in [0.5, 0.6) is 0 Å². The molecule has 0 saturated carbocycles. The van der Waals surface area contributed by atoms with Crippen molar-refractivity contribution < 1.29 is 12.6 Å². The Morgan fingerprint density at radius 3 is 1.00 bits per heavy atom. The van der Waals surface area contributed by atoms with E-state index in [2.05, 4.69) is 0 Å². The van der Waals surface area contributed by atoms with Gasteiger partial charge in [0.15, 0.2) is 5.66 Å². The highest BCUT2D eigenvalue weighted by atomic mass is 31.3. The van der Waals surface area contributed by atoms with Crippen molar-refractivity contribution in [2.75, 3.05) is 0 Å². The minimum absolute atomic E-state index is 0.690. The average Bonchev–Trinajstić information content (AvgIpc) is 1.44. The second-order valence-electron chi connectivity index (χ2n) is 5.62. The van der Waals surface area contributed by atoms with Crippen LogP contribution in [-0.4, -0.2) is 5.66 Å². The molecule has 13 heavy (non-hydrogen) atoms. The lowest BCUT2D eigenvalue weighted by atomic mass is 9.77. The number of hydrogen-bond donors (Lipinski definition) is 0. The van der Waals surface area contributed by atoms with Crippen molar-refractivity contribution in [3.8, 4) is 0 Å². The van der Waals surface area contributed by atoms with E-state index in [1.807, 2.05) is 0 Å². The molecule has 0 aliphatic rings. The van der Waals surface area contributed by atoms with Crippen molar-refractivity contribution in [3.63, 3.8) is 0 Å². The molecule has 0 aliphatic carbocycles. The quantitative estimate of drug-likeness (QED) is 0.532. The van der Waals surface area contributed by atoms with E-state index in [1.54, 1.807) is 41.5 Å². The molecule has 0 fully saturated rings. The van der Waals surface area contributed by atoms with Gasteiger partial charge in [-0.05, 0) is 0 Å². The predicted octanol–water partition coefficient (Wildman–Crippen LogP) is 5.12. The van der Waals surface area contributed by atoms with Gasteiger partial charge in [0.1, 0.15) is 0 Å². The zero-order valence-electron chi connectivity index (χ0n) is 9.16. The van der Waals surface area contributed by atoms with Crippen LogP contribution in [0.2, 0.25) is 0 Å². The standard InChI is InChI=1S/C9H19F3P/c1-8(2,3)7(9(4,5)6)13(10,11)12/h7H,1-6H3/q+1. The van der Waals surface area contributed by atoms with Gasteiger partial charge in [-0.15, -0.1) is 0 Å². The number of rotatable bonds is 1. The predicted molar refractivity (Wildman–Crippen MR) is 52.9 cm³/mol. The molecule has 0 rings (SSSR count). The third kappa shape index (κ3) is 3.84. The molecule has 0 nitrogen and oxygen atoms in total. The van der Waals surface area contributed by atoms with Gasteiger partial charge >= 0.3 is 8.19 Å². The first kappa shape index (κ1) is 13.2. The van der Waals surface area contributed by atoms with Crippen molar-refractivity contribution in [3.05, 3.63) is 0 Å². The van der Waals surface area contributed by atoms with E-state index < -0.39 is 24.7 Å². The molecule has 0 amide bonds. The zero-order valence-corrected chi connectivity index (χ0v) is 10.1. The summed E-state index contributed by atoms with van der Waals surface area (Å²) in [5, 5.41) is 0. The van der Waals surface area contributed by atoms with E-state index >= 15 is 0 Å². The van der Waals surface area contributed by atoms with Crippen LogP contribution in [0.1, 0.15) is 41.5 Å². The molecule has 0 heterocycles. The van der Waals surface area contributed by atoms with Crippen molar-refractivity contribution in [2.45, 2.75) is 47.2 Å². The maximum atomic E-state index is 12.8. The monoisotopic (exact) mass is 215 g/mol. The van der Waals surface area contributed by atoms with E-state index in [0.29, 0.717) is 0 Å². The fourth-order valence-corrected chi connectivity index (χ4v) is 3.93. The lowest BCUT2D eigenvalue weighted by Gasteiger charge is -2.34. The fraction of sp³-hybridized carbons (Fsp3) is 1.00. The first-order chi connectivity index (χ1) is 5.37. The Kier molecular flexibility index (Phi) is 3.47. The maximum absolute atomic E-state index is 12.8. The first-order valence-electron chi connectivity index (χ1n) is 4.34. The van der Waals surface area contributed by atoms with Gasteiger partial charge in [-0.1, -0.05) is 41.5 Å². The summed E-state index contributed by atoms with van der Waals surface area (Å²) in [6.07, 6.45) is 0. The normalized spacial score (nSPS) is 15.2. The Balaban J connectivity index is 5.02. The van der Waals surface area contributed by atoms with Crippen molar-refractivity contribution in [1.82, 2.24) is 0 Å². The van der Waals surface area contributed by atoms with E-state index in [9.17, 15) is 12.6 Å². The van der Waals surface area contributed by atoms with E-state index in [0.717, 1.165) is 0 Å². The van der Waals surface area contributed by atoms with Crippen LogP contribution in [0, 0.1) is 10.8 Å². The van der Waals surface area contributed by atoms with Gasteiger partial charge in [0, 0.05) is 23.4 Å². The summed E-state index contributed by atoms with van der Waals surface area (Å²) in [5.41, 5.74) is -2.54. The SMILES string of the molecule is CC(C)(C)C(C(C)(C)C)[P+](F)(F)F. The van der Waals surface area contributed by atoms with Crippen molar-refractivity contribution in [2.24, 2.45) is 10.8 Å². The molecule has 0 aliphatic heterocycles. The molecule has 0 aromatic heterocycles. The maximum Gasteiger partial charge on any atom is 0.573 e. The van der Waals surface area contributed by atoms with Gasteiger partial charge in [-0.3, -0.25) is 0 Å². The van der Waals surface area contributed by atoms with Crippen molar-refractivity contribution in [1.29, 1.82) is 0 Å². The third-order valence-electron chi connectivity index (χ3n) is 1.93. The summed E-state index contributed by atoms with van der Waals surface area (Å²) in [6, 6.07) is 0. The highest BCUT2D eigenvalue weighted by Gasteiger charge is 2.63. The smallest absolute Gasteiger partial charge is 0.0561 e. The molecule has 80 valence electrons. The van der Waals surface area contributed by atoms with E-state index in [4.69, 9.17) is 0 Å². The molecule has 0 aromatic rings. The Labute approximate surface area is 79.6 Å². The Morgan fingerprint density at radius 1 is 0.769 bits per heavy atom. The van der Waals surface area contributed by atoms with Gasteiger partial charge in [-0.25, -0.2) is 0 Å². The van der Waals surface area contributed by atoms with Crippen molar-refractivity contribution >= 4 is 8.19 Å². The second kappa shape index (κ2) is 3.42. The highest BCUT2D eigenvalue weighted by molar-refractivity contribution is 7.61. The van der Waals surface area contributed by atoms with Crippen LogP contribution in [0.4, 0.5) is 12.6 Å². The number of halogens is 3. The summed E-state index contributed by atoms with van der Waals surface area (Å²) in [4.78, 5) is 0. The Morgan fingerprint density at radius 2 is 1.00 bits per heavy atom. The second-order valence-corrected chi connectivity index (χ2v) is 7.10. The summed E-state index contributed by atoms with van der Waals surface area (Å²) >= 11 is 0. The van der Waals surface area contributed by atoms with Crippen LogP contribution >= 0.6 is 8.19 Å². The van der Waals surface area contributed by atoms with Crippen LogP contribution in [-0.2, 0) is 0 Å². The summed E-state index contributed by atoms with van der Waals surface area (Å²) in [6.45, 7) is 9.98. The van der Waals surface area contributed by atoms with Crippen LogP contribution in [0.25, 0.3) is 0 Å². The lowest BCUT2D eigenvalue weighted by Crippen LogP contribution is -2.37. The van der Waals surface area contributed by atoms with Gasteiger partial charge in [0.25, 0.3) is 0 Å². The van der Waals surface area contributed by atoms with E-state index in [-0.39, 0.29) is 0 Å². The first-order valence-corrected chi connectivity index (χ1v) is 5.87. The molecular weight excluding hydrogens is 196 g/mol. The van der Waals surface area contributed by atoms with Crippen LogP contribution in [0.15, 0.2) is 0 Å². The Hall–Kier alpha value is 0.220. The Bertz CT molecular complexity index is 137. The minimum Gasteiger partial charge on any atom is -0.0561 e. The lowest BCUT2D eigenvalue weighted by molar-refractivity contribution is 0.220. The molecule has 0 spiro atoms. The fourth-order valence-electron chi connectivity index (χ4n) is 2.18. The summed E-state index contributed by atoms with van der Waals surface area (Å²) in [5.74, 6) is 0. The number of hydrogen-bond acceptors (Lipinski definition) is 0. The topological polar surface area (TPSA) is 0 Å². The summed E-state index contributed by atoms with van der Waals surface area (Å²) in [7, 11) is -5.27. The highest BCUT2D eigenvalue weighted by Crippen LogP contribution is 2.75. The van der Waals surface area contributed by atoms with Gasteiger partial charge in [-0.2, -0.15) is 0 Å². The molecular formula is C9H19F3P+. The molecule has 0 N–H and O–H groups in total. The average molecular weight is 215 g/mol. The van der Waals surface area contributed by atoms with Crippen LogP contribution < -0.4 is 0 Å². The molecule has 0 bridgehead atoms. The summed E-state index contributed by atoms with van der Waals surface area (Å²) < 4.78 is 38.5. The van der Waals surface area contributed by atoms with Gasteiger partial charge < -0.3 is 0 Å². The largest absolute Gasteiger partial charge is 0.573 e. The van der Waals surface area contributed by atoms with Gasteiger partial charge in [0.2, 0.25) is 0 Å².